The van der Waals surface area contributed by atoms with Crippen molar-refractivity contribution in [1.82, 2.24) is 4.90 Å². The molecule has 0 fully saturated rings. The summed E-state index contributed by atoms with van der Waals surface area (Å²) in [7, 11) is 1.72. The molecule has 5 heteroatoms. The Labute approximate surface area is 166 Å². The fraction of sp³-hybridized carbons (Fsp3) is 0.143. The normalized spacial score (nSPS) is 14.0. The molecular formula is C21H19BrClF2N. The van der Waals surface area contributed by atoms with Crippen LogP contribution in [0.5, 0.6) is 0 Å². The number of hydrogen-bond acceptors (Lipinski definition) is 1. The Morgan fingerprint density at radius 2 is 1.58 bits per heavy atom. The zero-order valence-corrected chi connectivity index (χ0v) is 17.1. The quantitative estimate of drug-likeness (QED) is 0.477. The molecule has 1 nitrogen and oxygen atoms in total. The molecule has 0 saturated carbocycles. The standard InChI is InChI=1S/C19H13BrClF2N.C2H6/c1-11-15(20)10-14(12-6-4-3-5-7-12)19(24(11)2)18-16(22)8-13(21)9-17(18)23;1-2/h3-10H,1H2,2H3;1-2H3. The summed E-state index contributed by atoms with van der Waals surface area (Å²) < 4.78 is 29.8. The van der Waals surface area contributed by atoms with Gasteiger partial charge in [0.15, 0.2) is 0 Å². The van der Waals surface area contributed by atoms with Crippen LogP contribution in [-0.2, 0) is 0 Å². The molecule has 1 aliphatic rings. The van der Waals surface area contributed by atoms with Crippen LogP contribution in [0.15, 0.2) is 65.3 Å². The lowest BCUT2D eigenvalue weighted by molar-refractivity contribution is 0.550. The lowest BCUT2D eigenvalue weighted by atomic mass is 9.94. The fourth-order valence-corrected chi connectivity index (χ4v) is 3.35. The first-order valence-electron chi connectivity index (χ1n) is 8.15. The van der Waals surface area contributed by atoms with Crippen molar-refractivity contribution in [3.05, 3.63) is 93.1 Å². The van der Waals surface area contributed by atoms with Crippen LogP contribution in [0, 0.1) is 11.6 Å². The van der Waals surface area contributed by atoms with E-state index >= 15 is 0 Å². The van der Waals surface area contributed by atoms with Gasteiger partial charge in [0.2, 0.25) is 0 Å². The molecule has 0 aromatic heterocycles. The van der Waals surface area contributed by atoms with Crippen LogP contribution in [0.4, 0.5) is 8.78 Å². The van der Waals surface area contributed by atoms with Gasteiger partial charge in [-0.15, -0.1) is 0 Å². The molecular weight excluding hydrogens is 420 g/mol. The fourth-order valence-electron chi connectivity index (χ4n) is 2.66. The average molecular weight is 439 g/mol. The summed E-state index contributed by atoms with van der Waals surface area (Å²) in [5.74, 6) is -1.43. The second-order valence-corrected chi connectivity index (χ2v) is 6.66. The molecule has 0 radical (unpaired) electrons. The topological polar surface area (TPSA) is 3.24 Å². The number of likely N-dealkylation sites (N-methyl/N-ethyl adjacent to an activating group) is 1. The molecule has 26 heavy (non-hydrogen) atoms. The van der Waals surface area contributed by atoms with Crippen LogP contribution in [0.25, 0.3) is 11.3 Å². The highest BCUT2D eigenvalue weighted by Gasteiger charge is 2.27. The molecule has 0 amide bonds. The number of benzene rings is 2. The van der Waals surface area contributed by atoms with E-state index in [4.69, 9.17) is 11.6 Å². The zero-order valence-electron chi connectivity index (χ0n) is 14.8. The first-order valence-corrected chi connectivity index (χ1v) is 9.32. The summed E-state index contributed by atoms with van der Waals surface area (Å²) in [5.41, 5.74) is 2.42. The van der Waals surface area contributed by atoms with E-state index < -0.39 is 11.6 Å². The highest BCUT2D eigenvalue weighted by Crippen LogP contribution is 2.41. The zero-order chi connectivity index (χ0) is 19.4. The number of hydrogen-bond donors (Lipinski definition) is 0. The second kappa shape index (κ2) is 8.65. The van der Waals surface area contributed by atoms with Gasteiger partial charge in [0.1, 0.15) is 11.6 Å². The number of halogens is 4. The molecule has 136 valence electrons. The van der Waals surface area contributed by atoms with Crippen molar-refractivity contribution in [2.75, 3.05) is 7.05 Å². The Kier molecular flexibility index (Phi) is 6.79. The van der Waals surface area contributed by atoms with E-state index in [0.717, 1.165) is 22.2 Å². The van der Waals surface area contributed by atoms with Crippen molar-refractivity contribution in [2.24, 2.45) is 0 Å². The van der Waals surface area contributed by atoms with E-state index in [0.29, 0.717) is 17.0 Å². The predicted octanol–water partition coefficient (Wildman–Crippen LogP) is 7.25. The molecule has 0 aliphatic carbocycles. The highest BCUT2D eigenvalue weighted by atomic mass is 79.9. The Bertz CT molecular complexity index is 865. The number of allylic oxidation sites excluding steroid dienone is 3. The summed E-state index contributed by atoms with van der Waals surface area (Å²) in [6, 6.07) is 11.6. The Morgan fingerprint density at radius 3 is 2.12 bits per heavy atom. The third kappa shape index (κ3) is 3.92. The van der Waals surface area contributed by atoms with E-state index in [2.05, 4.69) is 22.5 Å². The third-order valence-corrected chi connectivity index (χ3v) is 4.78. The van der Waals surface area contributed by atoms with Gasteiger partial charge in [-0.3, -0.25) is 0 Å². The van der Waals surface area contributed by atoms with Crippen molar-refractivity contribution >= 4 is 38.8 Å². The summed E-state index contributed by atoms with van der Waals surface area (Å²) in [5, 5.41) is 0.0182. The Hall–Kier alpha value is -1.91. The lowest BCUT2D eigenvalue weighted by Crippen LogP contribution is -2.21. The molecule has 0 N–H and O–H groups in total. The van der Waals surface area contributed by atoms with Crippen LogP contribution in [0.3, 0.4) is 0 Å². The van der Waals surface area contributed by atoms with Gasteiger partial charge in [0.05, 0.1) is 11.3 Å². The second-order valence-electron chi connectivity index (χ2n) is 5.37. The summed E-state index contributed by atoms with van der Waals surface area (Å²) in [4.78, 5) is 1.67. The van der Waals surface area contributed by atoms with Crippen molar-refractivity contribution in [1.29, 1.82) is 0 Å². The molecule has 0 atom stereocenters. The maximum absolute atomic E-state index is 14.5. The van der Waals surface area contributed by atoms with Gasteiger partial charge in [-0.05, 0) is 39.7 Å². The first kappa shape index (κ1) is 20.4. The van der Waals surface area contributed by atoms with Gasteiger partial charge in [-0.1, -0.05) is 62.4 Å². The van der Waals surface area contributed by atoms with Crippen molar-refractivity contribution in [3.8, 4) is 0 Å². The van der Waals surface area contributed by atoms with Crippen LogP contribution in [-0.4, -0.2) is 11.9 Å². The van der Waals surface area contributed by atoms with E-state index in [-0.39, 0.29) is 10.6 Å². The Balaban J connectivity index is 0.00000117. The van der Waals surface area contributed by atoms with Crippen molar-refractivity contribution < 1.29 is 8.78 Å². The van der Waals surface area contributed by atoms with E-state index in [1.807, 2.05) is 50.3 Å². The van der Waals surface area contributed by atoms with E-state index in [1.165, 1.54) is 0 Å². The minimum atomic E-state index is -0.713. The maximum atomic E-state index is 14.5. The molecule has 2 aromatic rings. The molecule has 0 bridgehead atoms. The molecule has 0 unspecified atom stereocenters. The van der Waals surface area contributed by atoms with Crippen molar-refractivity contribution in [3.63, 3.8) is 0 Å². The molecule has 2 aromatic carbocycles. The molecule has 1 heterocycles. The predicted molar refractivity (Wildman–Crippen MR) is 110 cm³/mol. The van der Waals surface area contributed by atoms with Gasteiger partial charge in [-0.2, -0.15) is 0 Å². The Morgan fingerprint density at radius 1 is 1.04 bits per heavy atom. The van der Waals surface area contributed by atoms with Gasteiger partial charge in [0.25, 0.3) is 0 Å². The van der Waals surface area contributed by atoms with Crippen LogP contribution < -0.4 is 0 Å². The van der Waals surface area contributed by atoms with Crippen LogP contribution in [0.1, 0.15) is 25.0 Å². The smallest absolute Gasteiger partial charge is 0.136 e. The minimum absolute atomic E-state index is 0.0182. The molecule has 3 rings (SSSR count). The largest absolute Gasteiger partial charge is 0.343 e. The van der Waals surface area contributed by atoms with Crippen LogP contribution in [0.2, 0.25) is 5.02 Å². The van der Waals surface area contributed by atoms with Gasteiger partial charge < -0.3 is 4.90 Å². The summed E-state index contributed by atoms with van der Waals surface area (Å²) in [6.45, 7) is 7.96. The highest BCUT2D eigenvalue weighted by molar-refractivity contribution is 9.12. The summed E-state index contributed by atoms with van der Waals surface area (Å²) >= 11 is 9.21. The number of nitrogens with zero attached hydrogens (tertiary/aromatic N) is 1. The van der Waals surface area contributed by atoms with E-state index in [9.17, 15) is 8.78 Å². The van der Waals surface area contributed by atoms with Gasteiger partial charge >= 0.3 is 0 Å². The monoisotopic (exact) mass is 437 g/mol. The van der Waals surface area contributed by atoms with Crippen molar-refractivity contribution in [2.45, 2.75) is 13.8 Å². The number of rotatable bonds is 2. The van der Waals surface area contributed by atoms with Gasteiger partial charge in [-0.25, -0.2) is 8.78 Å². The van der Waals surface area contributed by atoms with Crippen LogP contribution >= 0.6 is 27.5 Å². The SMILES string of the molecule is C=C1C(Br)=CC(c2ccccc2)=C(c2c(F)cc(Cl)cc2F)N1C.CC. The molecule has 1 aliphatic heterocycles. The first-order chi connectivity index (χ1) is 12.4. The average Bonchev–Trinajstić information content (AvgIpc) is 2.63. The molecule has 0 spiro atoms. The summed E-state index contributed by atoms with van der Waals surface area (Å²) in [6.07, 6.45) is 1.82. The minimum Gasteiger partial charge on any atom is -0.343 e. The molecule has 0 saturated heterocycles. The van der Waals surface area contributed by atoms with E-state index in [1.54, 1.807) is 11.9 Å². The van der Waals surface area contributed by atoms with Gasteiger partial charge in [0, 0.05) is 27.8 Å². The maximum Gasteiger partial charge on any atom is 0.136 e. The lowest BCUT2D eigenvalue weighted by Gasteiger charge is -2.31. The third-order valence-electron chi connectivity index (χ3n) is 3.87.